The molecule has 1 aromatic rings. The summed E-state index contributed by atoms with van der Waals surface area (Å²) in [6.45, 7) is 4.73. The van der Waals surface area contributed by atoms with Crippen molar-refractivity contribution < 1.29 is 17.6 Å². The first kappa shape index (κ1) is 16.5. The van der Waals surface area contributed by atoms with Gasteiger partial charge in [0.1, 0.15) is 0 Å². The third-order valence-corrected chi connectivity index (χ3v) is 6.63. The third-order valence-electron chi connectivity index (χ3n) is 3.59. The minimum absolute atomic E-state index is 0.134. The molecule has 1 aromatic heterocycles. The van der Waals surface area contributed by atoms with Crippen molar-refractivity contribution in [3.8, 4) is 0 Å². The van der Waals surface area contributed by atoms with Crippen molar-refractivity contribution in [2.24, 2.45) is 5.92 Å². The van der Waals surface area contributed by atoms with Crippen molar-refractivity contribution in [3.63, 3.8) is 0 Å². The molecule has 1 fully saturated rings. The summed E-state index contributed by atoms with van der Waals surface area (Å²) in [7, 11) is -3.06. The molecule has 1 amide bonds. The number of rotatable bonds is 4. The average molecular weight is 378 g/mol. The van der Waals surface area contributed by atoms with Crippen molar-refractivity contribution in [2.75, 3.05) is 18.8 Å². The van der Waals surface area contributed by atoms with Crippen LogP contribution >= 0.6 is 15.9 Å². The van der Waals surface area contributed by atoms with E-state index in [0.29, 0.717) is 30.6 Å². The Labute approximate surface area is 133 Å². The van der Waals surface area contributed by atoms with Crippen LogP contribution in [0.5, 0.6) is 0 Å². The minimum atomic E-state index is -3.06. The molecule has 2 heterocycles. The van der Waals surface area contributed by atoms with E-state index in [0.717, 1.165) is 0 Å². The number of carbonyl (C=O) groups is 1. The fourth-order valence-corrected chi connectivity index (χ4v) is 5.04. The highest BCUT2D eigenvalue weighted by Crippen LogP contribution is 2.23. The molecule has 0 spiro atoms. The number of carbonyl (C=O) groups excluding carboxylic acids is 1. The Morgan fingerprint density at radius 2 is 2.00 bits per heavy atom. The predicted octanol–water partition coefficient (Wildman–Crippen LogP) is 2.72. The van der Waals surface area contributed by atoms with Gasteiger partial charge in [0, 0.05) is 13.1 Å². The summed E-state index contributed by atoms with van der Waals surface area (Å²) in [5.41, 5.74) is 0. The van der Waals surface area contributed by atoms with Gasteiger partial charge in [0.15, 0.2) is 20.3 Å². The van der Waals surface area contributed by atoms with E-state index < -0.39 is 9.84 Å². The van der Waals surface area contributed by atoms with Gasteiger partial charge in [0.05, 0.1) is 11.0 Å². The van der Waals surface area contributed by atoms with Gasteiger partial charge in [0.2, 0.25) is 0 Å². The Bertz CT molecular complexity index is 600. The maximum Gasteiger partial charge on any atom is 0.289 e. The number of halogens is 1. The molecule has 1 aliphatic rings. The number of amides is 1. The summed E-state index contributed by atoms with van der Waals surface area (Å²) >= 11 is 3.17. The van der Waals surface area contributed by atoms with E-state index >= 15 is 0 Å². The van der Waals surface area contributed by atoms with Crippen LogP contribution in [-0.2, 0) is 9.84 Å². The predicted molar refractivity (Wildman–Crippen MR) is 84.0 cm³/mol. The second kappa shape index (κ2) is 6.52. The molecule has 21 heavy (non-hydrogen) atoms. The first-order chi connectivity index (χ1) is 9.79. The Hall–Kier alpha value is -0.820. The molecule has 0 aliphatic carbocycles. The topological polar surface area (TPSA) is 67.6 Å². The van der Waals surface area contributed by atoms with Crippen LogP contribution in [-0.4, -0.2) is 43.3 Å². The fraction of sp³-hybridized carbons (Fsp3) is 0.643. The Kier molecular flexibility index (Phi) is 5.14. The van der Waals surface area contributed by atoms with Crippen molar-refractivity contribution >= 4 is 31.7 Å². The molecule has 0 radical (unpaired) electrons. The molecule has 0 N–H and O–H groups in total. The number of furan rings is 1. The van der Waals surface area contributed by atoms with Gasteiger partial charge in [-0.05, 0) is 46.8 Å². The second-order valence-corrected chi connectivity index (χ2v) is 8.93. The molecule has 0 unspecified atom stereocenters. The smallest absolute Gasteiger partial charge is 0.289 e. The largest absolute Gasteiger partial charge is 0.444 e. The van der Waals surface area contributed by atoms with Gasteiger partial charge in [0.25, 0.3) is 5.91 Å². The Balaban J connectivity index is 1.96. The van der Waals surface area contributed by atoms with E-state index in [1.165, 1.54) is 0 Å². The molecule has 118 valence electrons. The summed E-state index contributed by atoms with van der Waals surface area (Å²) in [6.07, 6.45) is 1.01. The first-order valence-corrected chi connectivity index (χ1v) is 9.56. The summed E-state index contributed by atoms with van der Waals surface area (Å²) in [5, 5.41) is -0.327. The maximum atomic E-state index is 12.2. The number of sulfone groups is 1. The highest BCUT2D eigenvalue weighted by Gasteiger charge is 2.32. The van der Waals surface area contributed by atoms with E-state index in [1.807, 2.05) is 13.8 Å². The van der Waals surface area contributed by atoms with Gasteiger partial charge in [-0.2, -0.15) is 0 Å². The highest BCUT2D eigenvalue weighted by molar-refractivity contribution is 9.10. The van der Waals surface area contributed by atoms with Crippen LogP contribution < -0.4 is 0 Å². The normalized spacial score (nSPS) is 17.4. The molecule has 7 heteroatoms. The second-order valence-electron chi connectivity index (χ2n) is 5.82. The lowest BCUT2D eigenvalue weighted by molar-refractivity contribution is 0.0692. The monoisotopic (exact) mass is 377 g/mol. The van der Waals surface area contributed by atoms with E-state index in [9.17, 15) is 13.2 Å². The van der Waals surface area contributed by atoms with Crippen LogP contribution in [0.2, 0.25) is 0 Å². The summed E-state index contributed by atoms with van der Waals surface area (Å²) in [6, 6.07) is 3.29. The molecular formula is C14H20BrNO4S. The highest BCUT2D eigenvalue weighted by atomic mass is 79.9. The standard InChI is InChI=1S/C14H20BrNO4S/c1-10(2)9-21(18,19)11-5-7-16(8-6-11)14(17)12-3-4-13(15)20-12/h3-4,10-11H,5-9H2,1-2H3. The Morgan fingerprint density at radius 1 is 1.38 bits per heavy atom. The molecule has 5 nitrogen and oxygen atoms in total. The zero-order valence-corrected chi connectivity index (χ0v) is 14.6. The third kappa shape index (κ3) is 4.10. The number of hydrogen-bond donors (Lipinski definition) is 0. The van der Waals surface area contributed by atoms with Gasteiger partial charge in [-0.3, -0.25) is 4.79 Å². The van der Waals surface area contributed by atoms with Gasteiger partial charge in [-0.25, -0.2) is 8.42 Å². The van der Waals surface area contributed by atoms with Gasteiger partial charge >= 0.3 is 0 Å². The van der Waals surface area contributed by atoms with Crippen LogP contribution in [0.25, 0.3) is 0 Å². The lowest BCUT2D eigenvalue weighted by atomic mass is 10.1. The van der Waals surface area contributed by atoms with Gasteiger partial charge in [-0.15, -0.1) is 0 Å². The zero-order chi connectivity index (χ0) is 15.6. The van der Waals surface area contributed by atoms with Crippen molar-refractivity contribution in [1.82, 2.24) is 4.90 Å². The lowest BCUT2D eigenvalue weighted by Crippen LogP contribution is -2.43. The summed E-state index contributed by atoms with van der Waals surface area (Å²) in [4.78, 5) is 13.9. The van der Waals surface area contributed by atoms with E-state index in [4.69, 9.17) is 4.42 Å². The minimum Gasteiger partial charge on any atom is -0.444 e. The molecule has 2 rings (SSSR count). The number of nitrogens with zero attached hydrogens (tertiary/aromatic N) is 1. The average Bonchev–Trinajstić information content (AvgIpc) is 2.83. The molecule has 0 saturated carbocycles. The zero-order valence-electron chi connectivity index (χ0n) is 12.2. The molecule has 0 bridgehead atoms. The number of piperidine rings is 1. The number of likely N-dealkylation sites (tertiary alicyclic amines) is 1. The first-order valence-electron chi connectivity index (χ1n) is 7.06. The molecular weight excluding hydrogens is 358 g/mol. The quantitative estimate of drug-likeness (QED) is 0.808. The van der Waals surface area contributed by atoms with E-state index in [2.05, 4.69) is 15.9 Å². The van der Waals surface area contributed by atoms with Crippen LogP contribution in [0.15, 0.2) is 21.2 Å². The molecule has 1 aliphatic heterocycles. The van der Waals surface area contributed by atoms with E-state index in [-0.39, 0.29) is 28.6 Å². The summed E-state index contributed by atoms with van der Waals surface area (Å²) in [5.74, 6) is 0.456. The lowest BCUT2D eigenvalue weighted by Gasteiger charge is -2.31. The van der Waals surface area contributed by atoms with E-state index in [1.54, 1.807) is 17.0 Å². The van der Waals surface area contributed by atoms with Crippen LogP contribution in [0.3, 0.4) is 0 Å². The van der Waals surface area contributed by atoms with Crippen LogP contribution in [0.1, 0.15) is 37.2 Å². The SMILES string of the molecule is CC(C)CS(=O)(=O)C1CCN(C(=O)c2ccc(Br)o2)CC1. The van der Waals surface area contributed by atoms with Crippen LogP contribution in [0.4, 0.5) is 0 Å². The van der Waals surface area contributed by atoms with Gasteiger partial charge in [-0.1, -0.05) is 13.8 Å². The molecule has 0 aromatic carbocycles. The van der Waals surface area contributed by atoms with Gasteiger partial charge < -0.3 is 9.32 Å². The number of hydrogen-bond acceptors (Lipinski definition) is 4. The van der Waals surface area contributed by atoms with Crippen molar-refractivity contribution in [3.05, 3.63) is 22.6 Å². The summed E-state index contributed by atoms with van der Waals surface area (Å²) < 4.78 is 30.2. The van der Waals surface area contributed by atoms with Crippen LogP contribution in [0, 0.1) is 5.92 Å². The van der Waals surface area contributed by atoms with Crippen molar-refractivity contribution in [1.29, 1.82) is 0 Å². The maximum absolute atomic E-state index is 12.2. The fourth-order valence-electron chi connectivity index (χ4n) is 2.60. The Morgan fingerprint density at radius 3 is 2.48 bits per heavy atom. The molecule has 1 saturated heterocycles. The van der Waals surface area contributed by atoms with Crippen molar-refractivity contribution in [2.45, 2.75) is 31.9 Å². The molecule has 0 atom stereocenters.